The molecule has 0 radical (unpaired) electrons. The molecule has 0 aromatic carbocycles. The first-order chi connectivity index (χ1) is 7.54. The van der Waals surface area contributed by atoms with E-state index in [2.05, 4.69) is 38.1 Å². The minimum atomic E-state index is -0.196. The molecule has 90 valence electrons. The van der Waals surface area contributed by atoms with Crippen LogP contribution in [0.25, 0.3) is 0 Å². The van der Waals surface area contributed by atoms with E-state index in [9.17, 15) is 0 Å². The molecule has 0 spiro atoms. The molecule has 0 aliphatic heterocycles. The number of hydrogen-bond donors (Lipinski definition) is 2. The van der Waals surface area contributed by atoms with Crippen LogP contribution in [0.5, 0.6) is 5.88 Å². The maximum atomic E-state index is 5.71. The summed E-state index contributed by atoms with van der Waals surface area (Å²) in [6, 6.07) is 0. The standard InChI is InChI=1S/C10H17BrN4O/c1-4-10(2,6-12)15-9-13-5-7(11)8(14-9)16-3/h5H,4,6,12H2,1-3H3,(H,13,14,15). The van der Waals surface area contributed by atoms with Crippen LogP contribution in [0.2, 0.25) is 0 Å². The number of nitrogens with one attached hydrogen (secondary N) is 1. The van der Waals surface area contributed by atoms with E-state index in [1.807, 2.05) is 6.92 Å². The van der Waals surface area contributed by atoms with Crippen molar-refractivity contribution in [3.8, 4) is 5.88 Å². The molecule has 0 aliphatic rings. The zero-order valence-corrected chi connectivity index (χ0v) is 11.3. The number of methoxy groups -OCH3 is 1. The van der Waals surface area contributed by atoms with E-state index in [1.54, 1.807) is 13.3 Å². The average molecular weight is 289 g/mol. The summed E-state index contributed by atoms with van der Waals surface area (Å²) >= 11 is 3.30. The molecule has 0 amide bonds. The van der Waals surface area contributed by atoms with Gasteiger partial charge in [0.05, 0.1) is 17.8 Å². The molecule has 6 heteroatoms. The lowest BCUT2D eigenvalue weighted by atomic mass is 10.00. The summed E-state index contributed by atoms with van der Waals surface area (Å²) in [5.74, 6) is 1.03. The Balaban J connectivity index is 2.89. The van der Waals surface area contributed by atoms with Gasteiger partial charge in [0.2, 0.25) is 11.8 Å². The SMILES string of the molecule is CCC(C)(CN)Nc1ncc(Br)c(OC)n1. The van der Waals surface area contributed by atoms with Gasteiger partial charge in [0, 0.05) is 12.1 Å². The van der Waals surface area contributed by atoms with Crippen molar-refractivity contribution < 1.29 is 4.74 Å². The van der Waals surface area contributed by atoms with Crippen LogP contribution in [0, 0.1) is 0 Å². The second-order valence-electron chi connectivity index (χ2n) is 3.79. The summed E-state index contributed by atoms with van der Waals surface area (Å²) in [4.78, 5) is 8.39. The van der Waals surface area contributed by atoms with Gasteiger partial charge in [-0.1, -0.05) is 6.92 Å². The molecular weight excluding hydrogens is 272 g/mol. The van der Waals surface area contributed by atoms with Crippen LogP contribution in [0.4, 0.5) is 5.95 Å². The van der Waals surface area contributed by atoms with Crippen molar-refractivity contribution in [1.82, 2.24) is 9.97 Å². The predicted octanol–water partition coefficient (Wildman–Crippen LogP) is 1.79. The first kappa shape index (κ1) is 13.2. The fraction of sp³-hybridized carbons (Fsp3) is 0.600. The Morgan fingerprint density at radius 2 is 2.31 bits per heavy atom. The van der Waals surface area contributed by atoms with Crippen molar-refractivity contribution >= 4 is 21.9 Å². The number of hydrogen-bond acceptors (Lipinski definition) is 5. The third-order valence-electron chi connectivity index (χ3n) is 2.55. The zero-order valence-electron chi connectivity index (χ0n) is 9.75. The highest BCUT2D eigenvalue weighted by molar-refractivity contribution is 9.10. The summed E-state index contributed by atoms with van der Waals surface area (Å²) < 4.78 is 5.83. The smallest absolute Gasteiger partial charge is 0.232 e. The quantitative estimate of drug-likeness (QED) is 0.864. The van der Waals surface area contributed by atoms with Gasteiger partial charge in [-0.3, -0.25) is 0 Å². The van der Waals surface area contributed by atoms with Crippen LogP contribution in [-0.2, 0) is 0 Å². The topological polar surface area (TPSA) is 73.1 Å². The number of rotatable bonds is 5. The highest BCUT2D eigenvalue weighted by Crippen LogP contribution is 2.23. The number of nitrogens with two attached hydrogens (primary N) is 1. The molecular formula is C10H17BrN4O. The second kappa shape index (κ2) is 5.45. The Kier molecular flexibility index (Phi) is 4.49. The van der Waals surface area contributed by atoms with E-state index in [0.29, 0.717) is 18.4 Å². The Labute approximate surface area is 104 Å². The van der Waals surface area contributed by atoms with Crippen molar-refractivity contribution in [2.45, 2.75) is 25.8 Å². The summed E-state index contributed by atoms with van der Waals surface area (Å²) in [6.07, 6.45) is 2.55. The molecule has 1 unspecified atom stereocenters. The number of nitrogens with zero attached hydrogens (tertiary/aromatic N) is 2. The largest absolute Gasteiger partial charge is 0.480 e. The Morgan fingerprint density at radius 3 is 2.81 bits per heavy atom. The first-order valence-corrected chi connectivity index (χ1v) is 5.88. The van der Waals surface area contributed by atoms with Gasteiger partial charge in [-0.15, -0.1) is 0 Å². The van der Waals surface area contributed by atoms with Crippen LogP contribution in [0.3, 0.4) is 0 Å². The van der Waals surface area contributed by atoms with Gasteiger partial charge in [-0.2, -0.15) is 4.98 Å². The third kappa shape index (κ3) is 3.05. The predicted molar refractivity (Wildman–Crippen MR) is 67.7 cm³/mol. The average Bonchev–Trinajstić information content (AvgIpc) is 2.31. The monoisotopic (exact) mass is 288 g/mol. The third-order valence-corrected chi connectivity index (χ3v) is 3.09. The summed E-state index contributed by atoms with van der Waals surface area (Å²) in [6.45, 7) is 4.62. The lowest BCUT2D eigenvalue weighted by Gasteiger charge is -2.27. The van der Waals surface area contributed by atoms with Crippen molar-refractivity contribution in [1.29, 1.82) is 0 Å². The highest BCUT2D eigenvalue weighted by atomic mass is 79.9. The Bertz CT molecular complexity index is 355. The molecule has 1 atom stereocenters. The van der Waals surface area contributed by atoms with Crippen molar-refractivity contribution in [2.75, 3.05) is 19.0 Å². The zero-order chi connectivity index (χ0) is 12.2. The minimum Gasteiger partial charge on any atom is -0.480 e. The molecule has 0 fully saturated rings. The Hall–Kier alpha value is -0.880. The van der Waals surface area contributed by atoms with E-state index >= 15 is 0 Å². The molecule has 1 aromatic heterocycles. The van der Waals surface area contributed by atoms with Gasteiger partial charge in [0.15, 0.2) is 0 Å². The van der Waals surface area contributed by atoms with Crippen molar-refractivity contribution in [2.24, 2.45) is 5.73 Å². The van der Waals surface area contributed by atoms with Gasteiger partial charge >= 0.3 is 0 Å². The summed E-state index contributed by atoms with van der Waals surface area (Å²) in [5.41, 5.74) is 5.51. The molecule has 0 aliphatic carbocycles. The molecule has 16 heavy (non-hydrogen) atoms. The fourth-order valence-corrected chi connectivity index (χ4v) is 1.46. The van der Waals surface area contributed by atoms with Crippen LogP contribution in [0.1, 0.15) is 20.3 Å². The number of aromatic nitrogens is 2. The summed E-state index contributed by atoms with van der Waals surface area (Å²) in [5, 5.41) is 3.21. The normalized spacial score (nSPS) is 14.3. The summed E-state index contributed by atoms with van der Waals surface area (Å²) in [7, 11) is 1.57. The minimum absolute atomic E-state index is 0.196. The molecule has 1 heterocycles. The van der Waals surface area contributed by atoms with Crippen LogP contribution < -0.4 is 15.8 Å². The highest BCUT2D eigenvalue weighted by Gasteiger charge is 2.21. The first-order valence-electron chi connectivity index (χ1n) is 5.09. The van der Waals surface area contributed by atoms with E-state index in [4.69, 9.17) is 10.5 Å². The van der Waals surface area contributed by atoms with Crippen molar-refractivity contribution in [3.63, 3.8) is 0 Å². The molecule has 3 N–H and O–H groups in total. The molecule has 1 aromatic rings. The van der Waals surface area contributed by atoms with Gasteiger partial charge in [-0.05, 0) is 29.3 Å². The van der Waals surface area contributed by atoms with Gasteiger partial charge in [0.25, 0.3) is 0 Å². The van der Waals surface area contributed by atoms with E-state index in [-0.39, 0.29) is 5.54 Å². The number of halogens is 1. The molecule has 0 saturated heterocycles. The van der Waals surface area contributed by atoms with E-state index in [1.165, 1.54) is 0 Å². The fourth-order valence-electron chi connectivity index (χ4n) is 1.11. The van der Waals surface area contributed by atoms with Gasteiger partial charge in [-0.25, -0.2) is 4.98 Å². The molecule has 0 saturated carbocycles. The van der Waals surface area contributed by atoms with E-state index < -0.39 is 0 Å². The van der Waals surface area contributed by atoms with Crippen molar-refractivity contribution in [3.05, 3.63) is 10.7 Å². The second-order valence-corrected chi connectivity index (χ2v) is 4.65. The van der Waals surface area contributed by atoms with Crippen LogP contribution in [0.15, 0.2) is 10.7 Å². The maximum Gasteiger partial charge on any atom is 0.232 e. The lowest BCUT2D eigenvalue weighted by molar-refractivity contribution is 0.393. The Morgan fingerprint density at radius 1 is 1.62 bits per heavy atom. The molecule has 0 bridgehead atoms. The molecule has 5 nitrogen and oxygen atoms in total. The van der Waals surface area contributed by atoms with Gasteiger partial charge in [0.1, 0.15) is 0 Å². The number of anilines is 1. The van der Waals surface area contributed by atoms with Crippen LogP contribution in [-0.4, -0.2) is 29.2 Å². The van der Waals surface area contributed by atoms with Crippen LogP contribution >= 0.6 is 15.9 Å². The van der Waals surface area contributed by atoms with E-state index in [0.717, 1.165) is 10.9 Å². The maximum absolute atomic E-state index is 5.71. The molecule has 1 rings (SSSR count). The number of ether oxygens (including phenoxy) is 1. The van der Waals surface area contributed by atoms with Gasteiger partial charge < -0.3 is 15.8 Å². The lowest BCUT2D eigenvalue weighted by Crippen LogP contribution is -2.42.